The summed E-state index contributed by atoms with van der Waals surface area (Å²) in [5.41, 5.74) is 1.88. The third-order valence-electron chi connectivity index (χ3n) is 3.29. The summed E-state index contributed by atoms with van der Waals surface area (Å²) in [6, 6.07) is 13.9. The molecule has 0 aliphatic rings. The van der Waals surface area contributed by atoms with Crippen molar-refractivity contribution in [3.8, 4) is 5.75 Å². The lowest BCUT2D eigenvalue weighted by atomic mass is 10.1. The molecule has 2 amide bonds. The van der Waals surface area contributed by atoms with Gasteiger partial charge in [0.25, 0.3) is 5.91 Å². The molecule has 2 aromatic rings. The third kappa shape index (κ3) is 4.57. The molecule has 0 unspecified atom stereocenters. The number of nitrogens with one attached hydrogen (secondary N) is 2. The van der Waals surface area contributed by atoms with E-state index in [1.54, 1.807) is 55.6 Å². The van der Waals surface area contributed by atoms with E-state index in [1.807, 2.05) is 13.8 Å². The Hall–Kier alpha value is -2.82. The molecule has 0 aromatic heterocycles. The first-order valence-corrected chi connectivity index (χ1v) is 7.36. The predicted molar refractivity (Wildman–Crippen MR) is 90.9 cm³/mol. The minimum Gasteiger partial charge on any atom is -0.497 e. The van der Waals surface area contributed by atoms with Crippen LogP contribution < -0.4 is 15.4 Å². The molecular weight excluding hydrogens is 292 g/mol. The minimum absolute atomic E-state index is 0.0552. The summed E-state index contributed by atoms with van der Waals surface area (Å²) in [6.07, 6.45) is 0. The average molecular weight is 312 g/mol. The molecule has 0 atom stereocenters. The van der Waals surface area contributed by atoms with Gasteiger partial charge in [0.15, 0.2) is 0 Å². The molecule has 0 aliphatic carbocycles. The van der Waals surface area contributed by atoms with Gasteiger partial charge >= 0.3 is 0 Å². The highest BCUT2D eigenvalue weighted by atomic mass is 16.5. The van der Waals surface area contributed by atoms with E-state index in [2.05, 4.69) is 10.6 Å². The highest BCUT2D eigenvalue weighted by Gasteiger charge is 2.09. The summed E-state index contributed by atoms with van der Waals surface area (Å²) in [5.74, 6) is 0.374. The fraction of sp³-hybridized carbons (Fsp3) is 0.222. The Bertz CT molecular complexity index is 676. The lowest BCUT2D eigenvalue weighted by molar-refractivity contribution is -0.118. The second-order valence-corrected chi connectivity index (χ2v) is 5.40. The molecular formula is C18H20N2O3. The molecule has 120 valence electrons. The Balaban J connectivity index is 2.00. The zero-order chi connectivity index (χ0) is 16.8. The first-order valence-electron chi connectivity index (χ1n) is 7.36. The highest BCUT2D eigenvalue weighted by Crippen LogP contribution is 2.17. The fourth-order valence-electron chi connectivity index (χ4n) is 1.87. The number of carbonyl (C=O) groups excluding carboxylic acids is 2. The quantitative estimate of drug-likeness (QED) is 0.887. The normalized spacial score (nSPS) is 10.3. The molecule has 2 rings (SSSR count). The molecule has 2 N–H and O–H groups in total. The van der Waals surface area contributed by atoms with Gasteiger partial charge in [0.05, 0.1) is 7.11 Å². The number of carbonyl (C=O) groups is 2. The van der Waals surface area contributed by atoms with Gasteiger partial charge in [0.2, 0.25) is 5.91 Å². The van der Waals surface area contributed by atoms with Crippen LogP contribution in [0.2, 0.25) is 0 Å². The van der Waals surface area contributed by atoms with Gasteiger partial charge in [-0.05, 0) is 48.5 Å². The first kappa shape index (κ1) is 16.5. The smallest absolute Gasteiger partial charge is 0.255 e. The third-order valence-corrected chi connectivity index (χ3v) is 3.29. The Morgan fingerprint density at radius 1 is 0.870 bits per heavy atom. The van der Waals surface area contributed by atoms with Gasteiger partial charge in [-0.15, -0.1) is 0 Å². The Morgan fingerprint density at radius 3 is 1.91 bits per heavy atom. The number of benzene rings is 2. The SMILES string of the molecule is COc1ccc(NC(=O)c2ccc(NC(=O)C(C)C)cc2)cc1. The molecule has 5 nitrogen and oxygen atoms in total. The number of hydrogen-bond donors (Lipinski definition) is 2. The second kappa shape index (κ2) is 7.45. The van der Waals surface area contributed by atoms with Gasteiger partial charge in [-0.25, -0.2) is 0 Å². The van der Waals surface area contributed by atoms with Crippen LogP contribution in [0.1, 0.15) is 24.2 Å². The van der Waals surface area contributed by atoms with Crippen molar-refractivity contribution in [1.29, 1.82) is 0 Å². The Labute approximate surface area is 135 Å². The molecule has 0 saturated heterocycles. The number of anilines is 2. The standard InChI is InChI=1S/C18H20N2O3/c1-12(2)17(21)19-14-6-4-13(5-7-14)18(22)20-15-8-10-16(23-3)11-9-15/h4-12H,1-3H3,(H,19,21)(H,20,22). The maximum Gasteiger partial charge on any atom is 0.255 e. The summed E-state index contributed by atoms with van der Waals surface area (Å²) >= 11 is 0. The molecule has 0 aliphatic heterocycles. The van der Waals surface area contributed by atoms with E-state index >= 15 is 0 Å². The van der Waals surface area contributed by atoms with Crippen molar-refractivity contribution in [1.82, 2.24) is 0 Å². The number of ether oxygens (including phenoxy) is 1. The number of amides is 2. The van der Waals surface area contributed by atoms with E-state index in [-0.39, 0.29) is 17.7 Å². The number of rotatable bonds is 5. The molecule has 0 spiro atoms. The predicted octanol–water partition coefficient (Wildman–Crippen LogP) is 3.54. The molecule has 0 heterocycles. The molecule has 5 heteroatoms. The van der Waals surface area contributed by atoms with E-state index in [9.17, 15) is 9.59 Å². The van der Waals surface area contributed by atoms with Crippen LogP contribution in [0.5, 0.6) is 5.75 Å². The molecule has 0 radical (unpaired) electrons. The van der Waals surface area contributed by atoms with Crippen LogP contribution in [0.25, 0.3) is 0 Å². The van der Waals surface area contributed by atoms with Gasteiger partial charge in [-0.1, -0.05) is 13.8 Å². The highest BCUT2D eigenvalue weighted by molar-refractivity contribution is 6.04. The maximum absolute atomic E-state index is 12.2. The summed E-state index contributed by atoms with van der Waals surface area (Å²) in [6.45, 7) is 3.65. The van der Waals surface area contributed by atoms with Crippen LogP contribution in [-0.4, -0.2) is 18.9 Å². The molecule has 2 aromatic carbocycles. The van der Waals surface area contributed by atoms with Gasteiger partial charge in [-0.2, -0.15) is 0 Å². The molecule has 23 heavy (non-hydrogen) atoms. The fourth-order valence-corrected chi connectivity index (χ4v) is 1.87. The monoisotopic (exact) mass is 312 g/mol. The maximum atomic E-state index is 12.2. The number of methoxy groups -OCH3 is 1. The number of hydrogen-bond acceptors (Lipinski definition) is 3. The summed E-state index contributed by atoms with van der Waals surface area (Å²) in [4.78, 5) is 23.8. The van der Waals surface area contributed by atoms with E-state index in [0.717, 1.165) is 5.75 Å². The van der Waals surface area contributed by atoms with Crippen molar-refractivity contribution in [2.24, 2.45) is 5.92 Å². The van der Waals surface area contributed by atoms with Crippen LogP contribution >= 0.6 is 0 Å². The van der Waals surface area contributed by atoms with Crippen molar-refractivity contribution < 1.29 is 14.3 Å². The van der Waals surface area contributed by atoms with Crippen molar-refractivity contribution in [3.05, 3.63) is 54.1 Å². The van der Waals surface area contributed by atoms with Crippen LogP contribution in [0.15, 0.2) is 48.5 Å². The largest absolute Gasteiger partial charge is 0.497 e. The average Bonchev–Trinajstić information content (AvgIpc) is 2.56. The van der Waals surface area contributed by atoms with Gasteiger partial charge in [0.1, 0.15) is 5.75 Å². The van der Waals surface area contributed by atoms with E-state index in [0.29, 0.717) is 16.9 Å². The first-order chi connectivity index (χ1) is 11.0. The summed E-state index contributed by atoms with van der Waals surface area (Å²) in [5, 5.41) is 5.59. The Morgan fingerprint density at radius 2 is 1.39 bits per heavy atom. The van der Waals surface area contributed by atoms with Gasteiger partial charge in [-0.3, -0.25) is 9.59 Å². The van der Waals surface area contributed by atoms with Crippen LogP contribution in [-0.2, 0) is 4.79 Å². The minimum atomic E-state index is -0.211. The molecule has 0 fully saturated rings. The Kier molecular flexibility index (Phi) is 5.36. The summed E-state index contributed by atoms with van der Waals surface area (Å²) in [7, 11) is 1.59. The molecule has 0 bridgehead atoms. The lowest BCUT2D eigenvalue weighted by Gasteiger charge is -2.09. The van der Waals surface area contributed by atoms with Crippen LogP contribution in [0.3, 0.4) is 0 Å². The van der Waals surface area contributed by atoms with Crippen molar-refractivity contribution in [2.45, 2.75) is 13.8 Å². The van der Waals surface area contributed by atoms with Crippen LogP contribution in [0.4, 0.5) is 11.4 Å². The van der Waals surface area contributed by atoms with Gasteiger partial charge < -0.3 is 15.4 Å². The lowest BCUT2D eigenvalue weighted by Crippen LogP contribution is -2.18. The molecule has 0 saturated carbocycles. The zero-order valence-electron chi connectivity index (χ0n) is 13.4. The van der Waals surface area contributed by atoms with Crippen molar-refractivity contribution in [2.75, 3.05) is 17.7 Å². The zero-order valence-corrected chi connectivity index (χ0v) is 13.4. The van der Waals surface area contributed by atoms with Crippen molar-refractivity contribution in [3.63, 3.8) is 0 Å². The van der Waals surface area contributed by atoms with E-state index in [4.69, 9.17) is 4.74 Å². The van der Waals surface area contributed by atoms with Crippen LogP contribution in [0, 0.1) is 5.92 Å². The van der Waals surface area contributed by atoms with Crippen molar-refractivity contribution >= 4 is 23.2 Å². The van der Waals surface area contributed by atoms with Gasteiger partial charge in [0, 0.05) is 22.9 Å². The van der Waals surface area contributed by atoms with E-state index < -0.39 is 0 Å². The summed E-state index contributed by atoms with van der Waals surface area (Å²) < 4.78 is 5.07. The topological polar surface area (TPSA) is 67.4 Å². The second-order valence-electron chi connectivity index (χ2n) is 5.40. The van der Waals surface area contributed by atoms with E-state index in [1.165, 1.54) is 0 Å².